The van der Waals surface area contributed by atoms with E-state index in [2.05, 4.69) is 20.3 Å². The van der Waals surface area contributed by atoms with Gasteiger partial charge < -0.3 is 0 Å². The molecule has 0 aliphatic carbocycles. The fourth-order valence-electron chi connectivity index (χ4n) is 2.09. The monoisotopic (exact) mass is 190 g/mol. The predicted octanol–water partition coefficient (Wildman–Crippen LogP) is 3.21. The van der Waals surface area contributed by atoms with Crippen LogP contribution in [-0.2, 0) is 0 Å². The van der Waals surface area contributed by atoms with Gasteiger partial charge in [-0.05, 0) is 50.1 Å². The van der Waals surface area contributed by atoms with Crippen LogP contribution in [0.2, 0.25) is 0 Å². The van der Waals surface area contributed by atoms with Gasteiger partial charge in [-0.15, -0.1) is 16.5 Å². The van der Waals surface area contributed by atoms with Gasteiger partial charge in [0, 0.05) is 0 Å². The zero-order chi connectivity index (χ0) is 8.32. The molecule has 0 aromatic heterocycles. The molecule has 0 N–H and O–H groups in total. The molecule has 0 aromatic carbocycles. The summed E-state index contributed by atoms with van der Waals surface area (Å²) in [6.07, 6.45) is 7.59. The van der Waals surface area contributed by atoms with Crippen LogP contribution in [0.25, 0.3) is 0 Å². The minimum atomic E-state index is 0.434. The van der Waals surface area contributed by atoms with Crippen LogP contribution in [0, 0.1) is 5.41 Å². The van der Waals surface area contributed by atoms with Crippen LogP contribution < -0.4 is 0 Å². The summed E-state index contributed by atoms with van der Waals surface area (Å²) in [5.41, 5.74) is 0.799. The second-order valence-electron chi connectivity index (χ2n) is 3.87. The molecule has 1 saturated heterocycles. The summed E-state index contributed by atoms with van der Waals surface area (Å²) in [5, 5.41) is 0. The SMILES string of the molecule is CCC1(CPC)CCP(C)C1. The van der Waals surface area contributed by atoms with Crippen molar-refractivity contribution in [3.63, 3.8) is 0 Å². The molecular formula is C9H20P2. The maximum Gasteiger partial charge on any atom is -0.0221 e. The van der Waals surface area contributed by atoms with Crippen molar-refractivity contribution in [1.29, 1.82) is 0 Å². The van der Waals surface area contributed by atoms with E-state index >= 15 is 0 Å². The number of hydrogen-bond acceptors (Lipinski definition) is 0. The number of rotatable bonds is 3. The van der Waals surface area contributed by atoms with Crippen LogP contribution in [0.4, 0.5) is 0 Å². The quantitative estimate of drug-likeness (QED) is 0.599. The smallest absolute Gasteiger partial charge is 0.0221 e. The Morgan fingerprint density at radius 3 is 2.64 bits per heavy atom. The van der Waals surface area contributed by atoms with E-state index in [1.807, 2.05) is 0 Å². The van der Waals surface area contributed by atoms with E-state index in [0.29, 0.717) is 7.92 Å². The third kappa shape index (κ3) is 2.40. The Kier molecular flexibility index (Phi) is 3.79. The molecule has 1 rings (SSSR count). The molecule has 0 saturated carbocycles. The van der Waals surface area contributed by atoms with Crippen LogP contribution in [0.1, 0.15) is 19.8 Å². The zero-order valence-corrected chi connectivity index (χ0v) is 9.88. The highest BCUT2D eigenvalue weighted by Gasteiger charge is 2.34. The summed E-state index contributed by atoms with van der Waals surface area (Å²) >= 11 is 0. The minimum absolute atomic E-state index is 0.434. The zero-order valence-electron chi connectivity index (χ0n) is 7.98. The molecule has 0 aromatic rings. The molecule has 0 spiro atoms. The fraction of sp³-hybridized carbons (Fsp3) is 1.00. The van der Waals surface area contributed by atoms with Crippen molar-refractivity contribution in [3.05, 3.63) is 0 Å². The van der Waals surface area contributed by atoms with Crippen molar-refractivity contribution in [2.75, 3.05) is 31.8 Å². The van der Waals surface area contributed by atoms with E-state index in [9.17, 15) is 0 Å². The Morgan fingerprint density at radius 1 is 1.55 bits per heavy atom. The lowest BCUT2D eigenvalue weighted by Gasteiger charge is -2.26. The standard InChI is InChI=1S/C9H20P2/c1-4-9(7-10-2)5-6-11(3)8-9/h10H,4-8H2,1-3H3. The number of hydrogen-bond donors (Lipinski definition) is 0. The van der Waals surface area contributed by atoms with Crippen LogP contribution in [0.3, 0.4) is 0 Å². The van der Waals surface area contributed by atoms with Gasteiger partial charge in [0.25, 0.3) is 0 Å². The normalized spacial score (nSPS) is 39.0. The first kappa shape index (κ1) is 9.94. The van der Waals surface area contributed by atoms with Crippen molar-refractivity contribution >= 4 is 16.5 Å². The maximum absolute atomic E-state index is 2.48. The Balaban J connectivity index is 2.48. The highest BCUT2D eigenvalue weighted by Crippen LogP contribution is 2.52. The molecule has 3 atom stereocenters. The van der Waals surface area contributed by atoms with E-state index in [-0.39, 0.29) is 0 Å². The van der Waals surface area contributed by atoms with Crippen molar-refractivity contribution in [3.8, 4) is 0 Å². The van der Waals surface area contributed by atoms with Crippen LogP contribution in [0.5, 0.6) is 0 Å². The molecule has 66 valence electrons. The highest BCUT2D eigenvalue weighted by molar-refractivity contribution is 7.57. The largest absolute Gasteiger partial charge is 0.125 e. The molecule has 1 fully saturated rings. The van der Waals surface area contributed by atoms with Gasteiger partial charge in [0.05, 0.1) is 0 Å². The van der Waals surface area contributed by atoms with E-state index in [1.165, 1.54) is 27.6 Å². The average molecular weight is 190 g/mol. The average Bonchev–Trinajstić information content (AvgIpc) is 2.34. The van der Waals surface area contributed by atoms with Crippen molar-refractivity contribution in [2.24, 2.45) is 5.41 Å². The molecule has 3 unspecified atom stereocenters. The highest BCUT2D eigenvalue weighted by atomic mass is 31.1. The van der Waals surface area contributed by atoms with Crippen LogP contribution in [-0.4, -0.2) is 31.8 Å². The van der Waals surface area contributed by atoms with Crippen molar-refractivity contribution in [1.82, 2.24) is 0 Å². The summed E-state index contributed by atoms with van der Waals surface area (Å²) in [5.74, 6) is 0. The minimum Gasteiger partial charge on any atom is -0.125 e. The van der Waals surface area contributed by atoms with E-state index in [4.69, 9.17) is 0 Å². The molecule has 1 heterocycles. The van der Waals surface area contributed by atoms with Crippen LogP contribution >= 0.6 is 16.5 Å². The van der Waals surface area contributed by atoms with E-state index < -0.39 is 0 Å². The first-order chi connectivity index (χ1) is 5.22. The van der Waals surface area contributed by atoms with Gasteiger partial charge in [-0.3, -0.25) is 0 Å². The van der Waals surface area contributed by atoms with Gasteiger partial charge in [-0.1, -0.05) is 6.92 Å². The summed E-state index contributed by atoms with van der Waals surface area (Å²) in [4.78, 5) is 0. The summed E-state index contributed by atoms with van der Waals surface area (Å²) in [7, 11) is 1.60. The molecule has 11 heavy (non-hydrogen) atoms. The first-order valence-electron chi connectivity index (χ1n) is 4.55. The van der Waals surface area contributed by atoms with Gasteiger partial charge in [0.15, 0.2) is 0 Å². The third-order valence-corrected chi connectivity index (χ3v) is 6.23. The maximum atomic E-state index is 2.48. The molecule has 2 heteroatoms. The van der Waals surface area contributed by atoms with Gasteiger partial charge >= 0.3 is 0 Å². The molecule has 1 aliphatic rings. The predicted molar refractivity (Wildman–Crippen MR) is 59.0 cm³/mol. The Labute approximate surface area is 74.1 Å². The second-order valence-corrected chi connectivity index (χ2v) is 7.41. The Bertz CT molecular complexity index is 121. The van der Waals surface area contributed by atoms with Gasteiger partial charge in [-0.25, -0.2) is 0 Å². The lowest BCUT2D eigenvalue weighted by Crippen LogP contribution is -2.21. The molecule has 0 amide bonds. The first-order valence-corrected chi connectivity index (χ1v) is 8.42. The lowest BCUT2D eigenvalue weighted by molar-refractivity contribution is 0.372. The molecule has 1 aliphatic heterocycles. The molecule has 0 bridgehead atoms. The third-order valence-electron chi connectivity index (χ3n) is 2.93. The van der Waals surface area contributed by atoms with E-state index in [0.717, 1.165) is 5.41 Å². The summed E-state index contributed by atoms with van der Waals surface area (Å²) < 4.78 is 0. The summed E-state index contributed by atoms with van der Waals surface area (Å²) in [6.45, 7) is 7.22. The fourth-order valence-corrected chi connectivity index (χ4v) is 6.26. The summed E-state index contributed by atoms with van der Waals surface area (Å²) in [6, 6.07) is 0. The molecule has 0 nitrogen and oxygen atoms in total. The Morgan fingerprint density at radius 2 is 2.27 bits per heavy atom. The van der Waals surface area contributed by atoms with Gasteiger partial charge in [0.1, 0.15) is 0 Å². The van der Waals surface area contributed by atoms with Gasteiger partial charge in [0.2, 0.25) is 0 Å². The topological polar surface area (TPSA) is 0 Å². The lowest BCUT2D eigenvalue weighted by atomic mass is 9.87. The van der Waals surface area contributed by atoms with E-state index in [1.54, 1.807) is 12.3 Å². The van der Waals surface area contributed by atoms with Crippen molar-refractivity contribution < 1.29 is 0 Å². The van der Waals surface area contributed by atoms with Crippen LogP contribution in [0.15, 0.2) is 0 Å². The Hall–Kier alpha value is 0.860. The van der Waals surface area contributed by atoms with Gasteiger partial charge in [-0.2, -0.15) is 0 Å². The van der Waals surface area contributed by atoms with Crippen molar-refractivity contribution in [2.45, 2.75) is 19.8 Å². The molecule has 0 radical (unpaired) electrons. The second kappa shape index (κ2) is 4.20. The molecular weight excluding hydrogens is 170 g/mol.